The van der Waals surface area contributed by atoms with Gasteiger partial charge in [-0.05, 0) is 55.3 Å². The summed E-state index contributed by atoms with van der Waals surface area (Å²) >= 11 is 0. The molecule has 3 rings (SSSR count). The van der Waals surface area contributed by atoms with Crippen molar-refractivity contribution in [2.75, 3.05) is 32.2 Å². The predicted octanol–water partition coefficient (Wildman–Crippen LogP) is 3.08. The van der Waals surface area contributed by atoms with E-state index in [1.54, 1.807) is 23.1 Å². The first-order valence-corrected chi connectivity index (χ1v) is 8.98. The van der Waals surface area contributed by atoms with Crippen LogP contribution >= 0.6 is 0 Å². The Morgan fingerprint density at radius 1 is 1.11 bits per heavy atom. The molecule has 0 radical (unpaired) electrons. The van der Waals surface area contributed by atoms with Crippen molar-refractivity contribution in [1.82, 2.24) is 5.32 Å². The van der Waals surface area contributed by atoms with Gasteiger partial charge in [-0.1, -0.05) is 6.07 Å². The van der Waals surface area contributed by atoms with Crippen LogP contribution in [-0.2, 0) is 4.74 Å². The third-order valence-electron chi connectivity index (χ3n) is 4.81. The van der Waals surface area contributed by atoms with Gasteiger partial charge in [0.15, 0.2) is 11.5 Å². The molecule has 2 aromatic rings. The third kappa shape index (κ3) is 4.03. The maximum Gasteiger partial charge on any atom is 0.414 e. The highest BCUT2D eigenvalue weighted by atomic mass is 16.6. The maximum absolute atomic E-state index is 12.4. The molecule has 1 atom stereocenters. The van der Waals surface area contributed by atoms with E-state index in [0.717, 1.165) is 16.8 Å². The van der Waals surface area contributed by atoms with Crippen molar-refractivity contribution in [3.8, 4) is 11.5 Å². The fourth-order valence-electron chi connectivity index (χ4n) is 3.02. The van der Waals surface area contributed by atoms with E-state index in [2.05, 4.69) is 5.32 Å². The molecule has 1 heterocycles. The van der Waals surface area contributed by atoms with Crippen LogP contribution in [0.1, 0.15) is 21.5 Å². The molecule has 1 aliphatic rings. The van der Waals surface area contributed by atoms with Gasteiger partial charge in [0.05, 0.1) is 27.3 Å². The van der Waals surface area contributed by atoms with Gasteiger partial charge in [-0.15, -0.1) is 0 Å². The van der Waals surface area contributed by atoms with Crippen LogP contribution in [0.2, 0.25) is 0 Å². The van der Waals surface area contributed by atoms with Gasteiger partial charge in [0.1, 0.15) is 6.10 Å². The molecular formula is C21H24N2O5. The number of hydrogen-bond donors (Lipinski definition) is 1. The number of methoxy groups -OCH3 is 2. The Hall–Kier alpha value is -3.22. The Bertz CT molecular complexity index is 896. The van der Waals surface area contributed by atoms with Crippen molar-refractivity contribution >= 4 is 17.7 Å². The number of aryl methyl sites for hydroxylation is 2. The van der Waals surface area contributed by atoms with Crippen LogP contribution in [0.5, 0.6) is 11.5 Å². The van der Waals surface area contributed by atoms with Crippen molar-refractivity contribution in [2.45, 2.75) is 20.0 Å². The fourth-order valence-corrected chi connectivity index (χ4v) is 3.02. The van der Waals surface area contributed by atoms with E-state index in [0.29, 0.717) is 23.6 Å². The molecule has 1 aliphatic heterocycles. The van der Waals surface area contributed by atoms with Crippen LogP contribution in [0.4, 0.5) is 10.5 Å². The van der Waals surface area contributed by atoms with Gasteiger partial charge in [0.25, 0.3) is 5.91 Å². The molecule has 1 fully saturated rings. The average Bonchev–Trinajstić information content (AvgIpc) is 3.08. The van der Waals surface area contributed by atoms with Crippen molar-refractivity contribution in [2.24, 2.45) is 0 Å². The zero-order chi connectivity index (χ0) is 20.3. The summed E-state index contributed by atoms with van der Waals surface area (Å²) in [6.45, 7) is 4.63. The Balaban J connectivity index is 1.61. The number of nitrogens with one attached hydrogen (secondary N) is 1. The van der Waals surface area contributed by atoms with Crippen LogP contribution in [-0.4, -0.2) is 45.4 Å². The molecule has 0 saturated carbocycles. The SMILES string of the molecule is COc1ccc(C(=O)NCC2CN(c3ccc(C)c(C)c3)C(=O)O2)cc1OC. The lowest BCUT2D eigenvalue weighted by molar-refractivity contribution is 0.0915. The topological polar surface area (TPSA) is 77.1 Å². The number of anilines is 1. The van der Waals surface area contributed by atoms with Gasteiger partial charge >= 0.3 is 6.09 Å². The van der Waals surface area contributed by atoms with Gasteiger partial charge in [0.2, 0.25) is 0 Å². The minimum atomic E-state index is -0.418. The molecule has 2 aromatic carbocycles. The highest BCUT2D eigenvalue weighted by Crippen LogP contribution is 2.27. The van der Waals surface area contributed by atoms with Crippen LogP contribution < -0.4 is 19.7 Å². The van der Waals surface area contributed by atoms with Crippen molar-refractivity contribution < 1.29 is 23.8 Å². The third-order valence-corrected chi connectivity index (χ3v) is 4.81. The summed E-state index contributed by atoms with van der Waals surface area (Å²) in [5.74, 6) is 0.748. The van der Waals surface area contributed by atoms with E-state index >= 15 is 0 Å². The van der Waals surface area contributed by atoms with Gasteiger partial charge in [-0.25, -0.2) is 4.79 Å². The summed E-state index contributed by atoms with van der Waals surface area (Å²) in [6.07, 6.45) is -0.827. The second-order valence-corrected chi connectivity index (χ2v) is 6.66. The van der Waals surface area contributed by atoms with Crippen molar-refractivity contribution in [1.29, 1.82) is 0 Å². The molecule has 7 heteroatoms. The summed E-state index contributed by atoms with van der Waals surface area (Å²) in [6, 6.07) is 10.8. The molecule has 7 nitrogen and oxygen atoms in total. The molecule has 1 N–H and O–H groups in total. The normalized spacial score (nSPS) is 15.9. The standard InChI is InChI=1S/C21H24N2O5/c1-13-5-7-16(9-14(13)2)23-12-17(28-21(23)25)11-22-20(24)15-6-8-18(26-3)19(10-15)27-4/h5-10,17H,11-12H2,1-4H3,(H,22,24). The zero-order valence-corrected chi connectivity index (χ0v) is 16.4. The number of carbonyl (C=O) groups excluding carboxylic acids is 2. The lowest BCUT2D eigenvalue weighted by atomic mass is 10.1. The maximum atomic E-state index is 12.4. The van der Waals surface area contributed by atoms with Crippen molar-refractivity contribution in [3.63, 3.8) is 0 Å². The Morgan fingerprint density at radius 2 is 1.86 bits per heavy atom. The predicted molar refractivity (Wildman–Crippen MR) is 105 cm³/mol. The van der Waals surface area contributed by atoms with Gasteiger partial charge in [0, 0.05) is 11.3 Å². The van der Waals surface area contributed by atoms with Crippen LogP contribution in [0.3, 0.4) is 0 Å². The first-order valence-electron chi connectivity index (χ1n) is 8.98. The number of carbonyl (C=O) groups is 2. The summed E-state index contributed by atoms with van der Waals surface area (Å²) in [5.41, 5.74) is 3.50. The van der Waals surface area contributed by atoms with E-state index in [-0.39, 0.29) is 12.5 Å². The van der Waals surface area contributed by atoms with Crippen LogP contribution in [0, 0.1) is 13.8 Å². The molecular weight excluding hydrogens is 360 g/mol. The van der Waals surface area contributed by atoms with E-state index in [4.69, 9.17) is 14.2 Å². The second-order valence-electron chi connectivity index (χ2n) is 6.66. The van der Waals surface area contributed by atoms with Gasteiger partial charge in [-0.2, -0.15) is 0 Å². The smallest absolute Gasteiger partial charge is 0.414 e. The second kappa shape index (κ2) is 8.21. The lowest BCUT2D eigenvalue weighted by Crippen LogP contribution is -2.34. The van der Waals surface area contributed by atoms with E-state index in [9.17, 15) is 9.59 Å². The zero-order valence-electron chi connectivity index (χ0n) is 16.4. The Morgan fingerprint density at radius 3 is 2.54 bits per heavy atom. The highest BCUT2D eigenvalue weighted by molar-refractivity contribution is 5.95. The minimum absolute atomic E-state index is 0.222. The summed E-state index contributed by atoms with van der Waals surface area (Å²) in [4.78, 5) is 26.2. The first kappa shape index (κ1) is 19.5. The van der Waals surface area contributed by atoms with Crippen LogP contribution in [0.15, 0.2) is 36.4 Å². The fraction of sp³-hybridized carbons (Fsp3) is 0.333. The number of hydrogen-bond acceptors (Lipinski definition) is 5. The highest BCUT2D eigenvalue weighted by Gasteiger charge is 2.32. The van der Waals surface area contributed by atoms with Gasteiger partial charge in [-0.3, -0.25) is 9.69 Å². The molecule has 148 valence electrons. The van der Waals surface area contributed by atoms with Crippen LogP contribution in [0.25, 0.3) is 0 Å². The molecule has 0 aliphatic carbocycles. The summed E-state index contributed by atoms with van der Waals surface area (Å²) in [7, 11) is 3.05. The molecule has 28 heavy (non-hydrogen) atoms. The lowest BCUT2D eigenvalue weighted by Gasteiger charge is -2.15. The largest absolute Gasteiger partial charge is 0.493 e. The minimum Gasteiger partial charge on any atom is -0.493 e. The van der Waals surface area contributed by atoms with E-state index < -0.39 is 12.2 Å². The average molecular weight is 384 g/mol. The number of benzene rings is 2. The quantitative estimate of drug-likeness (QED) is 0.828. The molecule has 1 saturated heterocycles. The molecule has 1 unspecified atom stereocenters. The first-order chi connectivity index (χ1) is 13.4. The number of nitrogens with zero attached hydrogens (tertiary/aromatic N) is 1. The summed E-state index contributed by atoms with van der Waals surface area (Å²) < 4.78 is 15.8. The Labute approximate surface area is 164 Å². The number of cyclic esters (lactones) is 1. The molecule has 0 bridgehead atoms. The van der Waals surface area contributed by atoms with Gasteiger partial charge < -0.3 is 19.5 Å². The molecule has 2 amide bonds. The molecule has 0 aromatic heterocycles. The number of rotatable bonds is 6. The molecule has 0 spiro atoms. The van der Waals surface area contributed by atoms with Crippen molar-refractivity contribution in [3.05, 3.63) is 53.1 Å². The number of ether oxygens (including phenoxy) is 3. The van der Waals surface area contributed by atoms with E-state index in [1.807, 2.05) is 32.0 Å². The van der Waals surface area contributed by atoms with E-state index in [1.165, 1.54) is 14.2 Å². The Kier molecular flexibility index (Phi) is 5.73. The number of amides is 2. The monoisotopic (exact) mass is 384 g/mol. The summed E-state index contributed by atoms with van der Waals surface area (Å²) in [5, 5.41) is 2.80.